The highest BCUT2D eigenvalue weighted by Crippen LogP contribution is 2.18. The van der Waals surface area contributed by atoms with E-state index in [9.17, 15) is 4.79 Å². The average molecular weight is 385 g/mol. The van der Waals surface area contributed by atoms with Crippen molar-refractivity contribution in [1.82, 2.24) is 5.32 Å². The van der Waals surface area contributed by atoms with Gasteiger partial charge in [-0.2, -0.15) is 0 Å². The number of rotatable bonds is 7. The van der Waals surface area contributed by atoms with Crippen molar-refractivity contribution in [3.63, 3.8) is 0 Å². The van der Waals surface area contributed by atoms with Crippen molar-refractivity contribution in [3.8, 4) is 0 Å². The Hall–Kier alpha value is -2.40. The summed E-state index contributed by atoms with van der Waals surface area (Å²) in [5.74, 6) is 0.200. The first-order valence-electron chi connectivity index (χ1n) is 9.23. The summed E-state index contributed by atoms with van der Waals surface area (Å²) in [5.41, 5.74) is 5.02. The molecule has 0 bridgehead atoms. The molecular weight excluding hydrogens is 356 g/mol. The number of anilines is 1. The van der Waals surface area contributed by atoms with Gasteiger partial charge in [0.1, 0.15) is 0 Å². The van der Waals surface area contributed by atoms with Crippen molar-refractivity contribution in [2.24, 2.45) is 0 Å². The van der Waals surface area contributed by atoms with Crippen LogP contribution in [0.1, 0.15) is 53.2 Å². The number of carbonyl (C=O) groups excluding carboxylic acids is 1. The molecule has 0 spiro atoms. The summed E-state index contributed by atoms with van der Waals surface area (Å²) in [6.45, 7) is 7.16. The van der Waals surface area contributed by atoms with Gasteiger partial charge in [-0.1, -0.05) is 44.2 Å². The molecule has 0 aromatic heterocycles. The van der Waals surface area contributed by atoms with Crippen LogP contribution >= 0.6 is 12.2 Å². The first-order valence-corrected chi connectivity index (χ1v) is 9.64. The van der Waals surface area contributed by atoms with Crippen molar-refractivity contribution in [2.75, 3.05) is 19.0 Å². The minimum atomic E-state index is -0.361. The summed E-state index contributed by atoms with van der Waals surface area (Å²) in [7, 11) is 1.37. The Bertz CT molecular complexity index is 785. The van der Waals surface area contributed by atoms with Crippen LogP contribution in [0.25, 0.3) is 0 Å². The lowest BCUT2D eigenvalue weighted by atomic mass is 10.0. The number of benzene rings is 2. The van der Waals surface area contributed by atoms with Crippen LogP contribution in [0, 0.1) is 6.92 Å². The van der Waals surface area contributed by atoms with E-state index in [2.05, 4.69) is 48.7 Å². The quantitative estimate of drug-likeness (QED) is 0.407. The number of hydrogen-bond acceptors (Lipinski definition) is 3. The Labute approximate surface area is 167 Å². The monoisotopic (exact) mass is 384 g/mol. The van der Waals surface area contributed by atoms with Gasteiger partial charge in [0.25, 0.3) is 0 Å². The summed E-state index contributed by atoms with van der Waals surface area (Å²) in [6, 6.07) is 14.2. The molecule has 0 saturated carbocycles. The van der Waals surface area contributed by atoms with Crippen molar-refractivity contribution >= 4 is 29.0 Å². The molecule has 4 nitrogen and oxygen atoms in total. The number of carbonyl (C=O) groups is 1. The zero-order valence-electron chi connectivity index (χ0n) is 16.5. The van der Waals surface area contributed by atoms with E-state index in [-0.39, 0.29) is 5.97 Å². The molecular formula is C22H28N2O2S. The van der Waals surface area contributed by atoms with E-state index in [4.69, 9.17) is 17.0 Å². The average Bonchev–Trinajstić information content (AvgIpc) is 2.66. The molecule has 0 atom stereocenters. The minimum Gasteiger partial charge on any atom is -0.465 e. The highest BCUT2D eigenvalue weighted by molar-refractivity contribution is 7.80. The Morgan fingerprint density at radius 1 is 1.15 bits per heavy atom. The third-order valence-corrected chi connectivity index (χ3v) is 4.73. The maximum atomic E-state index is 11.7. The normalized spacial score (nSPS) is 10.6. The molecule has 2 N–H and O–H groups in total. The molecule has 0 fully saturated rings. The fraction of sp³-hybridized carbons (Fsp3) is 0.364. The van der Waals surface area contributed by atoms with Crippen LogP contribution in [-0.2, 0) is 11.2 Å². The lowest BCUT2D eigenvalue weighted by molar-refractivity contribution is 0.0601. The van der Waals surface area contributed by atoms with Crippen LogP contribution in [0.2, 0.25) is 0 Å². The molecule has 2 aromatic rings. The van der Waals surface area contributed by atoms with Crippen LogP contribution in [0.3, 0.4) is 0 Å². The highest BCUT2D eigenvalue weighted by atomic mass is 32.1. The van der Waals surface area contributed by atoms with Gasteiger partial charge in [-0.25, -0.2) is 4.79 Å². The van der Waals surface area contributed by atoms with E-state index in [1.54, 1.807) is 12.1 Å². The van der Waals surface area contributed by atoms with Crippen molar-refractivity contribution in [1.29, 1.82) is 0 Å². The summed E-state index contributed by atoms with van der Waals surface area (Å²) in [5, 5.41) is 6.94. The number of aryl methyl sites for hydroxylation is 2. The van der Waals surface area contributed by atoms with Crippen LogP contribution in [-0.4, -0.2) is 24.7 Å². The smallest absolute Gasteiger partial charge is 0.337 e. The largest absolute Gasteiger partial charge is 0.465 e. The number of esters is 1. The van der Waals surface area contributed by atoms with E-state index in [1.807, 2.05) is 13.0 Å². The van der Waals surface area contributed by atoms with E-state index < -0.39 is 0 Å². The Morgan fingerprint density at radius 2 is 1.85 bits per heavy atom. The highest BCUT2D eigenvalue weighted by Gasteiger charge is 2.09. The molecule has 0 unspecified atom stereocenters. The maximum Gasteiger partial charge on any atom is 0.337 e. The number of ether oxygens (including phenoxy) is 1. The van der Waals surface area contributed by atoms with E-state index in [0.29, 0.717) is 16.6 Å². The molecule has 0 aliphatic rings. The van der Waals surface area contributed by atoms with Crippen molar-refractivity contribution in [3.05, 3.63) is 64.7 Å². The maximum absolute atomic E-state index is 11.7. The molecule has 0 saturated heterocycles. The zero-order chi connectivity index (χ0) is 19.8. The van der Waals surface area contributed by atoms with Crippen LogP contribution in [0.5, 0.6) is 0 Å². The number of hydrogen-bond donors (Lipinski definition) is 2. The predicted octanol–water partition coefficient (Wildman–Crippen LogP) is 4.82. The number of thiocarbonyl (C=S) groups is 1. The fourth-order valence-corrected chi connectivity index (χ4v) is 2.94. The minimum absolute atomic E-state index is 0.361. The lowest BCUT2D eigenvalue weighted by Crippen LogP contribution is -2.29. The van der Waals surface area contributed by atoms with Gasteiger partial charge in [-0.05, 0) is 66.7 Å². The second-order valence-electron chi connectivity index (χ2n) is 6.90. The molecule has 0 radical (unpaired) electrons. The van der Waals surface area contributed by atoms with Crippen LogP contribution in [0.15, 0.2) is 42.5 Å². The molecule has 0 amide bonds. The van der Waals surface area contributed by atoms with Crippen molar-refractivity contribution in [2.45, 2.75) is 39.5 Å². The molecule has 0 aliphatic carbocycles. The topological polar surface area (TPSA) is 50.4 Å². The zero-order valence-corrected chi connectivity index (χ0v) is 17.3. The number of nitrogens with one attached hydrogen (secondary N) is 2. The molecule has 2 rings (SSSR count). The molecule has 5 heteroatoms. The van der Waals surface area contributed by atoms with Gasteiger partial charge in [0.2, 0.25) is 0 Å². The van der Waals surface area contributed by atoms with Gasteiger partial charge < -0.3 is 15.4 Å². The third kappa shape index (κ3) is 6.36. The summed E-state index contributed by atoms with van der Waals surface area (Å²) < 4.78 is 4.76. The van der Waals surface area contributed by atoms with Crippen LogP contribution < -0.4 is 10.6 Å². The van der Waals surface area contributed by atoms with E-state index in [1.165, 1.54) is 18.2 Å². The molecule has 0 aliphatic heterocycles. The summed E-state index contributed by atoms with van der Waals surface area (Å²) in [4.78, 5) is 11.7. The van der Waals surface area contributed by atoms with Gasteiger partial charge >= 0.3 is 5.97 Å². The summed E-state index contributed by atoms with van der Waals surface area (Å²) in [6.07, 6.45) is 1.99. The second kappa shape index (κ2) is 10.1. The standard InChI is InChI=1S/C22H28N2O2S/c1-15(2)18-11-8-17(9-12-18)6-5-13-23-22(27)24-20-14-19(21(25)26-4)10-7-16(20)3/h7-12,14-15H,5-6,13H2,1-4H3,(H2,23,24,27). The van der Waals surface area contributed by atoms with Gasteiger partial charge in [0.15, 0.2) is 5.11 Å². The molecule has 2 aromatic carbocycles. The summed E-state index contributed by atoms with van der Waals surface area (Å²) >= 11 is 5.37. The predicted molar refractivity (Wildman–Crippen MR) is 116 cm³/mol. The van der Waals surface area contributed by atoms with Crippen LogP contribution in [0.4, 0.5) is 5.69 Å². The first-order chi connectivity index (χ1) is 12.9. The Kier molecular flexibility index (Phi) is 7.80. The molecule has 144 valence electrons. The van der Waals surface area contributed by atoms with Gasteiger partial charge in [0.05, 0.1) is 12.7 Å². The second-order valence-corrected chi connectivity index (χ2v) is 7.31. The van der Waals surface area contributed by atoms with Gasteiger partial charge in [-0.3, -0.25) is 0 Å². The molecule has 0 heterocycles. The Morgan fingerprint density at radius 3 is 2.48 bits per heavy atom. The van der Waals surface area contributed by atoms with Gasteiger partial charge in [0, 0.05) is 12.2 Å². The molecule has 27 heavy (non-hydrogen) atoms. The lowest BCUT2D eigenvalue weighted by Gasteiger charge is -2.13. The van der Waals surface area contributed by atoms with Crippen molar-refractivity contribution < 1.29 is 9.53 Å². The van der Waals surface area contributed by atoms with Gasteiger partial charge in [-0.15, -0.1) is 0 Å². The number of methoxy groups -OCH3 is 1. The SMILES string of the molecule is COC(=O)c1ccc(C)c(NC(=S)NCCCc2ccc(C(C)C)cc2)c1. The first kappa shape index (κ1) is 20.9. The Balaban J connectivity index is 1.80. The van der Waals surface area contributed by atoms with E-state index >= 15 is 0 Å². The third-order valence-electron chi connectivity index (χ3n) is 4.48. The van der Waals surface area contributed by atoms with E-state index in [0.717, 1.165) is 30.6 Å². The fourth-order valence-electron chi connectivity index (χ4n) is 2.73.